The van der Waals surface area contributed by atoms with Gasteiger partial charge in [-0.1, -0.05) is 63.1 Å². The van der Waals surface area contributed by atoms with E-state index in [2.05, 4.69) is 55.5 Å². The average Bonchev–Trinajstić information content (AvgIpc) is 4.15. The molecule has 1 aromatic rings. The number of carbonyl (C=O) groups is 8. The van der Waals surface area contributed by atoms with E-state index in [0.29, 0.717) is 56.5 Å². The Labute approximate surface area is 452 Å². The molecule has 3 aliphatic rings. The fraction of sp³-hybridized carbons (Fsp3) is 0.630. The van der Waals surface area contributed by atoms with Crippen LogP contribution in [0.25, 0.3) is 0 Å². The van der Waals surface area contributed by atoms with E-state index in [-0.39, 0.29) is 98.9 Å². The van der Waals surface area contributed by atoms with Crippen LogP contribution in [0.2, 0.25) is 0 Å². The Balaban J connectivity index is 1.16. The van der Waals surface area contributed by atoms with Gasteiger partial charge in [0, 0.05) is 51.0 Å². The van der Waals surface area contributed by atoms with Crippen molar-refractivity contribution in [1.82, 2.24) is 37.2 Å². The fourth-order valence-electron chi connectivity index (χ4n) is 8.89. The lowest BCUT2D eigenvalue weighted by atomic mass is 9.88. The maximum Gasteiger partial charge on any atom is 0.408 e. The number of nitrogens with one attached hydrogen (secondary N) is 8. The number of allylic oxidation sites excluding steroid dienone is 2. The van der Waals surface area contributed by atoms with Crippen LogP contribution in [-0.2, 0) is 54.3 Å². The minimum Gasteiger partial charge on any atom is -0.459 e. The molecule has 0 bridgehead atoms. The number of esters is 1. The summed E-state index contributed by atoms with van der Waals surface area (Å²) < 4.78 is 28.9. The van der Waals surface area contributed by atoms with Gasteiger partial charge in [-0.15, -0.1) is 0 Å². The largest absolute Gasteiger partial charge is 0.459 e. The molecule has 0 aromatic heterocycles. The number of alkyl carbamates (subject to hydrolysis) is 1. The monoisotopic (exact) mass is 1080 g/mol. The Morgan fingerprint density at radius 2 is 1.61 bits per heavy atom. The number of epoxide rings is 1. The molecule has 3 fully saturated rings. The van der Waals surface area contributed by atoms with Crippen LogP contribution in [0.5, 0.6) is 0 Å². The second-order valence-corrected chi connectivity index (χ2v) is 20.5. The minimum atomic E-state index is -1.02. The highest BCUT2D eigenvalue weighted by Gasteiger charge is 2.51. The summed E-state index contributed by atoms with van der Waals surface area (Å²) in [7, 11) is 0. The molecule has 0 unspecified atom stereocenters. The lowest BCUT2D eigenvalue weighted by Gasteiger charge is -2.39. The van der Waals surface area contributed by atoms with Crippen LogP contribution in [0.3, 0.4) is 0 Å². The zero-order valence-corrected chi connectivity index (χ0v) is 45.7. The third-order valence-corrected chi connectivity index (χ3v) is 13.3. The molecule has 4 rings (SSSR count). The van der Waals surface area contributed by atoms with Crippen molar-refractivity contribution in [2.75, 3.05) is 38.2 Å². The third-order valence-electron chi connectivity index (χ3n) is 13.3. The molecule has 3 saturated heterocycles. The second-order valence-electron chi connectivity index (χ2n) is 20.5. The number of carbonyl (C=O) groups excluding carboxylic acids is 8. The standard InChI is InChI=1S/C54H84N10O13/c1-33(2)48(64-46(66)13-9-8-10-24-55)50(69)63-43(12-11-25-57-51(56)70)49(68)61-40-19-17-39(18-20-40)30-73-53(72)60-32-59-52(71)58-29-42-28-54(31-74-54)27-41(77-42)21-14-34(3)15-22-45-35(4)26-44(37(6)76-45)62-47(67)23-16-36(5)75-38(7)65/h14-21,23,33,35-37,41-45,48H,8-13,22,24-32,55H2,1-7H3,(H,60,72)(H,61,68)(H,62,67)(H,63,69)(H,64,66)(H3,56,57,70)(H2,58,59,71)/b21-14+,23-16-,34-15+/t35-,36-,37+,41+,42-,43-,44+,45-,48-,54+/m0/s1. The van der Waals surface area contributed by atoms with E-state index in [1.165, 1.54) is 13.0 Å². The van der Waals surface area contributed by atoms with Gasteiger partial charge in [0.15, 0.2) is 0 Å². The summed E-state index contributed by atoms with van der Waals surface area (Å²) in [5.41, 5.74) is 12.5. The number of benzene rings is 1. The molecule has 0 radical (unpaired) electrons. The summed E-state index contributed by atoms with van der Waals surface area (Å²) in [4.78, 5) is 99.6. The maximum absolute atomic E-state index is 13.5. The highest BCUT2D eigenvalue weighted by atomic mass is 16.6. The Bertz CT molecular complexity index is 2220. The molecular weight excluding hydrogens is 997 g/mol. The zero-order chi connectivity index (χ0) is 56.5. The zero-order valence-electron chi connectivity index (χ0n) is 45.7. The number of unbranched alkanes of at least 4 members (excludes halogenated alkanes) is 2. The summed E-state index contributed by atoms with van der Waals surface area (Å²) in [6.07, 6.45) is 12.8. The van der Waals surface area contributed by atoms with Crippen molar-refractivity contribution in [2.45, 2.75) is 174 Å². The van der Waals surface area contributed by atoms with Crippen LogP contribution in [0.4, 0.5) is 20.1 Å². The van der Waals surface area contributed by atoms with E-state index < -0.39 is 54.1 Å². The molecule has 23 nitrogen and oxygen atoms in total. The highest BCUT2D eigenvalue weighted by Crippen LogP contribution is 2.42. The first-order valence-electron chi connectivity index (χ1n) is 26.7. The number of hydrogen-bond acceptors (Lipinski definition) is 14. The minimum absolute atomic E-state index is 0.0234. The molecule has 10 atom stereocenters. The maximum atomic E-state index is 13.5. The first-order chi connectivity index (χ1) is 36.6. The number of urea groups is 2. The number of rotatable bonds is 29. The summed E-state index contributed by atoms with van der Waals surface area (Å²) in [5, 5.41) is 21.7. The smallest absolute Gasteiger partial charge is 0.408 e. The SMILES string of the molecule is CC(=O)O[C@@H](C)/C=C\C(=O)N[C@@H]1C[C@H](C)[C@H](C/C=C(C)/C=C/[C@@H]2C[C@]3(CO3)C[C@@H](CNC(=O)NCNC(=O)OCc3ccc(NC(=O)[C@H](CCCNC(N)=O)NC(=O)[C@@H](NC(=O)CCCCCN)C(C)C)cc3)O2)O[C@@H]1C. The molecule has 428 valence electrons. The van der Waals surface area contributed by atoms with Gasteiger partial charge < -0.3 is 77.7 Å². The first kappa shape index (κ1) is 63.0. The van der Waals surface area contributed by atoms with Gasteiger partial charge in [0.05, 0.1) is 49.3 Å². The van der Waals surface area contributed by atoms with Crippen molar-refractivity contribution in [1.29, 1.82) is 0 Å². The number of hydrogen-bond donors (Lipinski definition) is 10. The van der Waals surface area contributed by atoms with Gasteiger partial charge in [0.2, 0.25) is 23.6 Å². The van der Waals surface area contributed by atoms with E-state index >= 15 is 0 Å². The number of anilines is 1. The van der Waals surface area contributed by atoms with Gasteiger partial charge in [0.25, 0.3) is 0 Å². The van der Waals surface area contributed by atoms with Gasteiger partial charge in [-0.05, 0) is 101 Å². The normalized spacial score (nSPS) is 23.3. The molecule has 0 aliphatic carbocycles. The van der Waals surface area contributed by atoms with E-state index in [9.17, 15) is 38.4 Å². The van der Waals surface area contributed by atoms with Crippen LogP contribution in [0.1, 0.15) is 118 Å². The van der Waals surface area contributed by atoms with Crippen molar-refractivity contribution >= 4 is 53.4 Å². The predicted molar refractivity (Wildman–Crippen MR) is 287 cm³/mol. The first-order valence-corrected chi connectivity index (χ1v) is 26.7. The quantitative estimate of drug-likeness (QED) is 0.0137. The Morgan fingerprint density at radius 1 is 0.870 bits per heavy atom. The summed E-state index contributed by atoms with van der Waals surface area (Å²) in [6, 6.07) is 3.22. The topological polar surface area (TPSA) is 334 Å². The van der Waals surface area contributed by atoms with Crippen LogP contribution < -0.4 is 54.0 Å². The Kier molecular flexibility index (Phi) is 26.4. The molecule has 77 heavy (non-hydrogen) atoms. The molecular formula is C54H84N10O13. The summed E-state index contributed by atoms with van der Waals surface area (Å²) in [6.45, 7) is 13.9. The van der Waals surface area contributed by atoms with Crippen molar-refractivity contribution < 1.29 is 62.0 Å². The average molecular weight is 1080 g/mol. The van der Waals surface area contributed by atoms with Crippen molar-refractivity contribution in [3.8, 4) is 0 Å². The number of nitrogens with two attached hydrogens (primary N) is 2. The number of amides is 9. The van der Waals surface area contributed by atoms with E-state index in [1.807, 2.05) is 26.0 Å². The van der Waals surface area contributed by atoms with E-state index in [0.717, 1.165) is 24.8 Å². The van der Waals surface area contributed by atoms with Gasteiger partial charge in [-0.3, -0.25) is 24.0 Å². The summed E-state index contributed by atoms with van der Waals surface area (Å²) in [5.74, 6) is -2.08. The Morgan fingerprint density at radius 3 is 2.29 bits per heavy atom. The molecule has 3 aliphatic heterocycles. The van der Waals surface area contributed by atoms with E-state index in [1.54, 1.807) is 51.1 Å². The Hall–Kier alpha value is -6.56. The van der Waals surface area contributed by atoms with E-state index in [4.69, 9.17) is 35.2 Å². The van der Waals surface area contributed by atoms with Gasteiger partial charge in [-0.2, -0.15) is 0 Å². The van der Waals surface area contributed by atoms with Gasteiger partial charge in [0.1, 0.15) is 24.8 Å². The van der Waals surface area contributed by atoms with Gasteiger partial charge >= 0.3 is 24.1 Å². The lowest BCUT2D eigenvalue weighted by Crippen LogP contribution is -2.54. The second kappa shape index (κ2) is 32.2. The lowest BCUT2D eigenvalue weighted by molar-refractivity contribution is -0.143. The molecule has 0 saturated carbocycles. The van der Waals surface area contributed by atoms with Crippen molar-refractivity contribution in [3.05, 3.63) is 65.8 Å². The van der Waals surface area contributed by atoms with Crippen molar-refractivity contribution in [3.63, 3.8) is 0 Å². The number of primary amides is 1. The molecule has 3 heterocycles. The van der Waals surface area contributed by atoms with Crippen LogP contribution in [0, 0.1) is 11.8 Å². The number of ether oxygens (including phenoxy) is 5. The highest BCUT2D eigenvalue weighted by molar-refractivity contribution is 5.98. The van der Waals surface area contributed by atoms with Crippen molar-refractivity contribution in [2.24, 2.45) is 23.3 Å². The molecule has 23 heteroatoms. The fourth-order valence-corrected chi connectivity index (χ4v) is 8.89. The predicted octanol–water partition coefficient (Wildman–Crippen LogP) is 3.72. The molecule has 12 N–H and O–H groups in total. The molecule has 1 aromatic carbocycles. The van der Waals surface area contributed by atoms with Crippen LogP contribution in [0.15, 0.2) is 60.2 Å². The summed E-state index contributed by atoms with van der Waals surface area (Å²) >= 11 is 0. The third kappa shape index (κ3) is 24.1. The van der Waals surface area contributed by atoms with Gasteiger partial charge in [-0.25, -0.2) is 14.4 Å². The molecule has 9 amide bonds. The molecule has 1 spiro atoms. The van der Waals surface area contributed by atoms with Crippen LogP contribution in [-0.4, -0.2) is 135 Å². The van der Waals surface area contributed by atoms with Crippen LogP contribution >= 0.6 is 0 Å².